The van der Waals surface area contributed by atoms with E-state index < -0.39 is 5.54 Å². The fraction of sp³-hybridized carbons (Fsp3) is 0.636. The third kappa shape index (κ3) is 3.56. The van der Waals surface area contributed by atoms with Gasteiger partial charge in [0.15, 0.2) is 0 Å². The highest BCUT2D eigenvalue weighted by molar-refractivity contribution is 6.07. The summed E-state index contributed by atoms with van der Waals surface area (Å²) in [5.41, 5.74) is 0.423. The van der Waals surface area contributed by atoms with Gasteiger partial charge in [0.2, 0.25) is 0 Å². The quantitative estimate of drug-likeness (QED) is 0.770. The maximum absolute atomic E-state index is 13.2. The molecule has 1 saturated heterocycles. The fourth-order valence-corrected chi connectivity index (χ4v) is 5.04. The van der Waals surface area contributed by atoms with E-state index in [4.69, 9.17) is 4.74 Å². The predicted molar refractivity (Wildman–Crippen MR) is 112 cm³/mol. The topological polar surface area (TPSA) is 65.1 Å². The van der Waals surface area contributed by atoms with Crippen LogP contribution in [0.4, 0.5) is 10.5 Å². The third-order valence-corrected chi connectivity index (χ3v) is 6.70. The van der Waals surface area contributed by atoms with Gasteiger partial charge in [-0.15, -0.1) is 0 Å². The minimum Gasteiger partial charge on any atom is -0.485 e. The van der Waals surface area contributed by atoms with Crippen LogP contribution in [-0.4, -0.2) is 66.7 Å². The standard InChI is InChI=1S/C22H32N4O3/c1-4-25-14-17(29-19-11-6-5-10-18(19)25)13-24(3)15-26-20(27)22(23-21(26)28)12-8-7-9-16(22)2/h5-6,10-11,16-17H,4,7-9,12-15H2,1-3H3,(H,23,28)/t16-,17+,22-/m1/s1. The van der Waals surface area contributed by atoms with Crippen molar-refractivity contribution in [2.24, 2.45) is 5.92 Å². The Kier molecular flexibility index (Phi) is 5.42. The van der Waals surface area contributed by atoms with Gasteiger partial charge in [0, 0.05) is 13.1 Å². The second-order valence-electron chi connectivity index (χ2n) is 8.71. The number of fused-ring (bicyclic) bond motifs is 1. The summed E-state index contributed by atoms with van der Waals surface area (Å²) < 4.78 is 6.19. The van der Waals surface area contributed by atoms with Crippen LogP contribution in [0.3, 0.4) is 0 Å². The molecule has 7 heteroatoms. The number of urea groups is 1. The van der Waals surface area contributed by atoms with Crippen molar-refractivity contribution in [3.63, 3.8) is 0 Å². The second-order valence-corrected chi connectivity index (χ2v) is 8.71. The van der Waals surface area contributed by atoms with Crippen LogP contribution in [0.5, 0.6) is 5.75 Å². The molecule has 1 spiro atoms. The number of ether oxygens (including phenoxy) is 1. The van der Waals surface area contributed by atoms with E-state index in [9.17, 15) is 9.59 Å². The zero-order chi connectivity index (χ0) is 20.6. The lowest BCUT2D eigenvalue weighted by molar-refractivity contribution is -0.135. The number of hydrogen-bond acceptors (Lipinski definition) is 5. The zero-order valence-corrected chi connectivity index (χ0v) is 17.7. The summed E-state index contributed by atoms with van der Waals surface area (Å²) in [6.07, 6.45) is 3.83. The first-order chi connectivity index (χ1) is 13.9. The minimum absolute atomic E-state index is 0.0156. The lowest BCUT2D eigenvalue weighted by atomic mass is 9.73. The molecular formula is C22H32N4O3. The molecule has 1 N–H and O–H groups in total. The van der Waals surface area contributed by atoms with Gasteiger partial charge < -0.3 is 15.0 Å². The molecular weight excluding hydrogens is 368 g/mol. The molecule has 3 atom stereocenters. The Balaban J connectivity index is 1.41. The zero-order valence-electron chi connectivity index (χ0n) is 17.7. The van der Waals surface area contributed by atoms with Crippen molar-refractivity contribution < 1.29 is 14.3 Å². The van der Waals surface area contributed by atoms with Gasteiger partial charge in [-0.25, -0.2) is 9.69 Å². The Morgan fingerprint density at radius 3 is 2.83 bits per heavy atom. The molecule has 2 heterocycles. The van der Waals surface area contributed by atoms with Crippen molar-refractivity contribution >= 4 is 17.6 Å². The summed E-state index contributed by atoms with van der Waals surface area (Å²) in [5.74, 6) is 1.01. The summed E-state index contributed by atoms with van der Waals surface area (Å²) in [6, 6.07) is 7.82. The summed E-state index contributed by atoms with van der Waals surface area (Å²) in [5, 5.41) is 3.03. The van der Waals surface area contributed by atoms with Crippen LogP contribution in [0.15, 0.2) is 24.3 Å². The first kappa shape index (κ1) is 20.0. The van der Waals surface area contributed by atoms with E-state index in [1.807, 2.05) is 30.1 Å². The van der Waals surface area contributed by atoms with Gasteiger partial charge in [-0.2, -0.15) is 0 Å². The van der Waals surface area contributed by atoms with Gasteiger partial charge in [-0.1, -0.05) is 31.9 Å². The number of carbonyl (C=O) groups excluding carboxylic acids is 2. The molecule has 3 amide bonds. The molecule has 7 nitrogen and oxygen atoms in total. The predicted octanol–water partition coefficient (Wildman–Crippen LogP) is 2.66. The Labute approximate surface area is 173 Å². The van der Waals surface area contributed by atoms with Crippen LogP contribution in [0.2, 0.25) is 0 Å². The van der Waals surface area contributed by atoms with Crippen molar-refractivity contribution in [2.75, 3.05) is 38.3 Å². The van der Waals surface area contributed by atoms with Crippen LogP contribution in [0.25, 0.3) is 0 Å². The lowest BCUT2D eigenvalue weighted by Gasteiger charge is -2.38. The normalized spacial score (nSPS) is 29.2. The molecule has 1 aliphatic carbocycles. The number of anilines is 1. The van der Waals surface area contributed by atoms with Crippen molar-refractivity contribution in [2.45, 2.75) is 51.2 Å². The maximum atomic E-state index is 13.2. The third-order valence-electron chi connectivity index (χ3n) is 6.70. The van der Waals surface area contributed by atoms with Crippen LogP contribution in [0.1, 0.15) is 39.5 Å². The molecule has 1 saturated carbocycles. The highest BCUT2D eigenvalue weighted by atomic mass is 16.5. The van der Waals surface area contributed by atoms with E-state index in [-0.39, 0.29) is 30.6 Å². The second kappa shape index (κ2) is 7.86. The fourth-order valence-electron chi connectivity index (χ4n) is 5.04. The Morgan fingerprint density at radius 2 is 2.07 bits per heavy atom. The average Bonchev–Trinajstić information content (AvgIpc) is 2.94. The summed E-state index contributed by atoms with van der Waals surface area (Å²) in [6.45, 7) is 6.85. The molecule has 0 aromatic heterocycles. The van der Waals surface area contributed by atoms with E-state index in [0.29, 0.717) is 6.54 Å². The van der Waals surface area contributed by atoms with E-state index >= 15 is 0 Å². The van der Waals surface area contributed by atoms with Crippen LogP contribution in [-0.2, 0) is 4.79 Å². The largest absolute Gasteiger partial charge is 0.485 e. The van der Waals surface area contributed by atoms with Crippen LogP contribution < -0.4 is 15.0 Å². The number of para-hydroxylation sites is 2. The first-order valence-corrected chi connectivity index (χ1v) is 10.8. The molecule has 2 fully saturated rings. The van der Waals surface area contributed by atoms with Gasteiger partial charge in [-0.3, -0.25) is 9.69 Å². The van der Waals surface area contributed by atoms with Gasteiger partial charge >= 0.3 is 6.03 Å². The molecule has 1 aromatic rings. The number of nitrogens with one attached hydrogen (secondary N) is 1. The number of imide groups is 1. The number of nitrogens with zero attached hydrogens (tertiary/aromatic N) is 3. The number of hydrogen-bond donors (Lipinski definition) is 1. The lowest BCUT2D eigenvalue weighted by Crippen LogP contribution is -2.54. The molecule has 3 aliphatic rings. The van der Waals surface area contributed by atoms with E-state index in [1.165, 1.54) is 4.90 Å². The Bertz CT molecular complexity index is 785. The van der Waals surface area contributed by atoms with Crippen molar-refractivity contribution in [3.05, 3.63) is 24.3 Å². The minimum atomic E-state index is -0.699. The van der Waals surface area contributed by atoms with Gasteiger partial charge in [-0.05, 0) is 44.9 Å². The number of rotatable bonds is 5. The van der Waals surface area contributed by atoms with E-state index in [2.05, 4.69) is 30.1 Å². The summed E-state index contributed by atoms with van der Waals surface area (Å²) in [4.78, 5) is 31.5. The number of benzene rings is 1. The average molecular weight is 401 g/mol. The Morgan fingerprint density at radius 1 is 1.28 bits per heavy atom. The van der Waals surface area contributed by atoms with Gasteiger partial charge in [0.1, 0.15) is 17.4 Å². The first-order valence-electron chi connectivity index (χ1n) is 10.8. The van der Waals surface area contributed by atoms with E-state index in [0.717, 1.165) is 50.2 Å². The molecule has 158 valence electrons. The monoisotopic (exact) mass is 400 g/mol. The van der Waals surface area contributed by atoms with Gasteiger partial charge in [0.25, 0.3) is 5.91 Å². The molecule has 4 rings (SSSR count). The van der Waals surface area contributed by atoms with Crippen molar-refractivity contribution in [1.29, 1.82) is 0 Å². The molecule has 0 unspecified atom stereocenters. The smallest absolute Gasteiger partial charge is 0.326 e. The number of amides is 3. The molecule has 29 heavy (non-hydrogen) atoms. The highest BCUT2D eigenvalue weighted by Gasteiger charge is 2.54. The molecule has 0 bridgehead atoms. The Hall–Kier alpha value is -2.28. The summed E-state index contributed by atoms with van der Waals surface area (Å²) in [7, 11) is 1.94. The summed E-state index contributed by atoms with van der Waals surface area (Å²) >= 11 is 0. The number of likely N-dealkylation sites (N-methyl/N-ethyl adjacent to an activating group) is 2. The molecule has 1 aromatic carbocycles. The molecule has 2 aliphatic heterocycles. The highest BCUT2D eigenvalue weighted by Crippen LogP contribution is 2.38. The molecule has 0 radical (unpaired) electrons. The maximum Gasteiger partial charge on any atom is 0.326 e. The van der Waals surface area contributed by atoms with E-state index in [1.54, 1.807) is 0 Å². The van der Waals surface area contributed by atoms with Crippen LogP contribution >= 0.6 is 0 Å². The van der Waals surface area contributed by atoms with Crippen molar-refractivity contribution in [3.8, 4) is 5.75 Å². The SMILES string of the molecule is CCN1C[C@H](CN(C)CN2C(=O)N[C@@]3(CCCC[C@H]3C)C2=O)Oc2ccccc21. The van der Waals surface area contributed by atoms with Crippen molar-refractivity contribution in [1.82, 2.24) is 15.1 Å². The van der Waals surface area contributed by atoms with Crippen LogP contribution in [0, 0.1) is 5.92 Å². The van der Waals surface area contributed by atoms with Gasteiger partial charge in [0.05, 0.1) is 18.9 Å². The number of carbonyl (C=O) groups is 2.